The number of hydrogen-bond donors (Lipinski definition) is 3. The third-order valence-corrected chi connectivity index (χ3v) is 7.43. The van der Waals surface area contributed by atoms with E-state index in [9.17, 15) is 9.59 Å². The van der Waals surface area contributed by atoms with E-state index in [4.69, 9.17) is 0 Å². The monoisotopic (exact) mass is 505 g/mol. The van der Waals surface area contributed by atoms with Crippen LogP contribution in [0.25, 0.3) is 0 Å². The minimum Gasteiger partial charge on any atom is -0.348 e. The number of aromatic amines is 1. The molecule has 1 aromatic heterocycles. The first-order valence-corrected chi connectivity index (χ1v) is 12.8. The Bertz CT molecular complexity index is 924. The van der Waals surface area contributed by atoms with Gasteiger partial charge in [0.2, 0.25) is 5.91 Å². The summed E-state index contributed by atoms with van der Waals surface area (Å²) < 4.78 is 0.915. The van der Waals surface area contributed by atoms with E-state index in [0.717, 1.165) is 41.7 Å². The number of hydrogen-bond acceptors (Lipinski definition) is 5. The molecule has 4 rings (SSSR count). The van der Waals surface area contributed by atoms with E-state index in [2.05, 4.69) is 36.5 Å². The number of rotatable bonds is 6. The predicted octanol–water partition coefficient (Wildman–Crippen LogP) is 2.69. The number of piperidine rings is 1. The van der Waals surface area contributed by atoms with Gasteiger partial charge >= 0.3 is 0 Å². The van der Waals surface area contributed by atoms with Crippen molar-refractivity contribution in [1.29, 1.82) is 0 Å². The van der Waals surface area contributed by atoms with E-state index < -0.39 is 6.04 Å². The Kier molecular flexibility index (Phi) is 7.03. The molecule has 0 saturated carbocycles. The molecule has 3 N–H and O–H groups in total. The van der Waals surface area contributed by atoms with Crippen LogP contribution in [0.3, 0.4) is 0 Å². The molecule has 2 aliphatic heterocycles. The third-order valence-electron chi connectivity index (χ3n) is 6.26. The highest BCUT2D eigenvalue weighted by atomic mass is 79.9. The summed E-state index contributed by atoms with van der Waals surface area (Å²) in [4.78, 5) is 35.8. The molecule has 0 radical (unpaired) electrons. The molecule has 31 heavy (non-hydrogen) atoms. The summed E-state index contributed by atoms with van der Waals surface area (Å²) in [5, 5.41) is 6.64. The van der Waals surface area contributed by atoms with Gasteiger partial charge in [-0.25, -0.2) is 4.98 Å². The number of carbonyl (C=O) groups excluding carboxylic acids is 2. The van der Waals surface area contributed by atoms with Gasteiger partial charge < -0.3 is 20.5 Å². The molecule has 3 heterocycles. The number of H-pyrrole nitrogens is 1. The summed E-state index contributed by atoms with van der Waals surface area (Å²) in [6.07, 6.45) is 7.01. The van der Waals surface area contributed by atoms with Gasteiger partial charge in [0.1, 0.15) is 6.04 Å². The molecular weight excluding hydrogens is 478 g/mol. The van der Waals surface area contributed by atoms with Gasteiger partial charge in [-0.05, 0) is 55.5 Å². The van der Waals surface area contributed by atoms with Crippen LogP contribution in [0.4, 0.5) is 0 Å². The van der Waals surface area contributed by atoms with Crippen molar-refractivity contribution in [2.45, 2.75) is 37.3 Å². The largest absolute Gasteiger partial charge is 0.348 e. The minimum absolute atomic E-state index is 0.00687. The van der Waals surface area contributed by atoms with Crippen molar-refractivity contribution in [3.8, 4) is 0 Å². The number of carbonyl (C=O) groups is 2. The molecule has 1 atom stereocenters. The first kappa shape index (κ1) is 22.4. The quantitative estimate of drug-likeness (QED) is 0.561. The van der Waals surface area contributed by atoms with Gasteiger partial charge in [0.25, 0.3) is 5.91 Å². The number of thioether (sulfide) groups is 1. The van der Waals surface area contributed by atoms with Crippen molar-refractivity contribution in [2.75, 3.05) is 31.6 Å². The molecule has 9 heteroatoms. The highest BCUT2D eigenvalue weighted by Gasteiger charge is 2.42. The first-order valence-electron chi connectivity index (χ1n) is 10.6. The smallest absolute Gasteiger partial charge is 0.251 e. The van der Waals surface area contributed by atoms with Gasteiger partial charge in [0.15, 0.2) is 0 Å². The lowest BCUT2D eigenvalue weighted by Gasteiger charge is -2.44. The highest BCUT2D eigenvalue weighted by Crippen LogP contribution is 2.36. The number of imidazole rings is 1. The summed E-state index contributed by atoms with van der Waals surface area (Å²) >= 11 is 5.07. The lowest BCUT2D eigenvalue weighted by molar-refractivity contribution is -0.135. The van der Waals surface area contributed by atoms with E-state index in [0.29, 0.717) is 25.1 Å². The summed E-state index contributed by atoms with van der Waals surface area (Å²) in [6.45, 7) is 2.23. The number of amides is 2. The molecular formula is C22H28BrN5O2S. The van der Waals surface area contributed by atoms with Crippen molar-refractivity contribution in [3.63, 3.8) is 0 Å². The summed E-state index contributed by atoms with van der Waals surface area (Å²) in [7, 11) is 0. The Morgan fingerprint density at radius 1 is 1.29 bits per heavy atom. The van der Waals surface area contributed by atoms with Crippen molar-refractivity contribution >= 4 is 39.5 Å². The van der Waals surface area contributed by atoms with Crippen molar-refractivity contribution in [2.24, 2.45) is 0 Å². The fourth-order valence-electron chi connectivity index (χ4n) is 4.51. The van der Waals surface area contributed by atoms with Crippen LogP contribution in [0.15, 0.2) is 35.1 Å². The maximum atomic E-state index is 13.3. The van der Waals surface area contributed by atoms with Gasteiger partial charge in [-0.1, -0.05) is 15.9 Å². The first-order chi connectivity index (χ1) is 15.0. The molecule has 0 bridgehead atoms. The molecule has 1 aromatic carbocycles. The van der Waals surface area contributed by atoms with E-state index in [1.807, 2.05) is 23.3 Å². The number of fused-ring (bicyclic) bond motifs is 2. The summed E-state index contributed by atoms with van der Waals surface area (Å²) in [5.74, 6) is 0.607. The van der Waals surface area contributed by atoms with E-state index in [-0.39, 0.29) is 17.4 Å². The SMILES string of the molecule is CSCCC(NC(=O)c1ccc(Br)cc1)C(=O)N1CCC2(CC1)NCCc1[nH]cnc12. The second kappa shape index (κ2) is 9.75. The Morgan fingerprint density at radius 3 is 2.74 bits per heavy atom. The van der Waals surface area contributed by atoms with Gasteiger partial charge in [0.05, 0.1) is 17.6 Å². The van der Waals surface area contributed by atoms with Crippen LogP contribution >= 0.6 is 27.7 Å². The molecule has 2 amide bonds. The number of aromatic nitrogens is 2. The van der Waals surface area contributed by atoms with Crippen LogP contribution in [0.2, 0.25) is 0 Å². The lowest BCUT2D eigenvalue weighted by Crippen LogP contribution is -2.57. The van der Waals surface area contributed by atoms with Gasteiger partial charge in [-0.15, -0.1) is 0 Å². The molecule has 7 nitrogen and oxygen atoms in total. The number of halogens is 1. The topological polar surface area (TPSA) is 90.1 Å². The second-order valence-electron chi connectivity index (χ2n) is 8.13. The lowest BCUT2D eigenvalue weighted by atomic mass is 9.80. The van der Waals surface area contributed by atoms with Crippen LogP contribution < -0.4 is 10.6 Å². The molecule has 1 saturated heterocycles. The van der Waals surface area contributed by atoms with Crippen LogP contribution in [0.1, 0.15) is 41.0 Å². The molecule has 1 spiro atoms. The van der Waals surface area contributed by atoms with E-state index in [1.54, 1.807) is 30.2 Å². The Balaban J connectivity index is 1.42. The predicted molar refractivity (Wildman–Crippen MR) is 126 cm³/mol. The zero-order valence-corrected chi connectivity index (χ0v) is 20.0. The zero-order valence-electron chi connectivity index (χ0n) is 17.6. The maximum absolute atomic E-state index is 13.3. The molecule has 1 fully saturated rings. The normalized spacial score (nSPS) is 18.5. The second-order valence-corrected chi connectivity index (χ2v) is 10.0. The van der Waals surface area contributed by atoms with Crippen molar-refractivity contribution in [1.82, 2.24) is 25.5 Å². The molecule has 2 aliphatic rings. The van der Waals surface area contributed by atoms with Crippen molar-refractivity contribution < 1.29 is 9.59 Å². The average Bonchev–Trinajstić information content (AvgIpc) is 3.28. The highest BCUT2D eigenvalue weighted by molar-refractivity contribution is 9.10. The number of benzene rings is 1. The minimum atomic E-state index is -0.516. The number of likely N-dealkylation sites (tertiary alicyclic amines) is 1. The summed E-state index contributed by atoms with van der Waals surface area (Å²) in [6, 6.07) is 6.67. The average molecular weight is 506 g/mol. The molecule has 2 aromatic rings. The van der Waals surface area contributed by atoms with Crippen LogP contribution in [0.5, 0.6) is 0 Å². The van der Waals surface area contributed by atoms with Crippen LogP contribution in [0, 0.1) is 0 Å². The Morgan fingerprint density at radius 2 is 2.03 bits per heavy atom. The van der Waals surface area contributed by atoms with Gasteiger partial charge in [-0.2, -0.15) is 11.8 Å². The summed E-state index contributed by atoms with van der Waals surface area (Å²) in [5.41, 5.74) is 2.71. The van der Waals surface area contributed by atoms with Crippen molar-refractivity contribution in [3.05, 3.63) is 52.0 Å². The Hall–Kier alpha value is -1.84. The van der Waals surface area contributed by atoms with Crippen LogP contribution in [-0.2, 0) is 16.8 Å². The van der Waals surface area contributed by atoms with Gasteiger partial charge in [-0.3, -0.25) is 9.59 Å². The van der Waals surface area contributed by atoms with E-state index >= 15 is 0 Å². The molecule has 0 aliphatic carbocycles. The fraction of sp³-hybridized carbons (Fsp3) is 0.500. The van der Waals surface area contributed by atoms with Crippen LogP contribution in [-0.4, -0.2) is 64.4 Å². The standard InChI is InChI=1S/C22H28BrN5O2S/c1-31-13-7-18(27-20(29)15-2-4-16(23)5-3-15)21(30)28-11-8-22(9-12-28)19-17(6-10-26-22)24-14-25-19/h2-5,14,18,26H,6-13H2,1H3,(H,24,25)(H,27,29). The van der Waals surface area contributed by atoms with Gasteiger partial charge in [0, 0.05) is 41.8 Å². The Labute approximate surface area is 195 Å². The van der Waals surface area contributed by atoms with E-state index in [1.165, 1.54) is 5.69 Å². The fourth-order valence-corrected chi connectivity index (χ4v) is 5.25. The molecule has 166 valence electrons. The third kappa shape index (κ3) is 4.83. The molecule has 1 unspecified atom stereocenters. The zero-order chi connectivity index (χ0) is 21.8. The maximum Gasteiger partial charge on any atom is 0.251 e. The number of nitrogens with zero attached hydrogens (tertiary/aromatic N) is 2. The number of nitrogens with one attached hydrogen (secondary N) is 3.